The smallest absolute Gasteiger partial charge is 0.0991 e. The largest absolute Gasteiger partial charge is 0.294 e. The molecule has 0 unspecified atom stereocenters. The summed E-state index contributed by atoms with van der Waals surface area (Å²) in [6.45, 7) is 4.28. The average Bonchev–Trinajstić information content (AvgIpc) is 3.20. The number of aromatic nitrogens is 1. The van der Waals surface area contributed by atoms with Gasteiger partial charge in [0.15, 0.2) is 0 Å². The predicted molar refractivity (Wildman–Crippen MR) is 93.0 cm³/mol. The lowest BCUT2D eigenvalue weighted by molar-refractivity contribution is 0.212. The van der Waals surface area contributed by atoms with Crippen LogP contribution in [0.1, 0.15) is 29.5 Å². The maximum atomic E-state index is 9.07. The van der Waals surface area contributed by atoms with E-state index in [1.807, 2.05) is 36.7 Å². The Kier molecular flexibility index (Phi) is 4.29. The van der Waals surface area contributed by atoms with Crippen LogP contribution in [0.3, 0.4) is 0 Å². The lowest BCUT2D eigenvalue weighted by Gasteiger charge is -2.25. The van der Waals surface area contributed by atoms with Crippen molar-refractivity contribution in [1.29, 1.82) is 5.26 Å². The molecule has 24 heavy (non-hydrogen) atoms. The summed E-state index contributed by atoms with van der Waals surface area (Å²) in [5.74, 6) is 0. The van der Waals surface area contributed by atoms with Crippen molar-refractivity contribution in [2.75, 3.05) is 13.1 Å². The Bertz CT molecular complexity index is 737. The van der Waals surface area contributed by atoms with Crippen molar-refractivity contribution >= 4 is 0 Å². The van der Waals surface area contributed by atoms with Gasteiger partial charge in [0.1, 0.15) is 0 Å². The third-order valence-corrected chi connectivity index (χ3v) is 5.36. The van der Waals surface area contributed by atoms with Crippen LogP contribution >= 0.6 is 0 Å². The molecule has 0 saturated carbocycles. The van der Waals surface area contributed by atoms with E-state index in [0.29, 0.717) is 12.1 Å². The van der Waals surface area contributed by atoms with E-state index in [1.165, 1.54) is 30.5 Å². The summed E-state index contributed by atoms with van der Waals surface area (Å²) in [6.07, 6.45) is 6.29. The normalized spacial score (nSPS) is 24.0. The SMILES string of the molecule is N#Cc1cccc(CN2CC[C@H]3[C@H]2CCN3Cc2cccnc2)c1. The zero-order valence-electron chi connectivity index (χ0n) is 13.8. The highest BCUT2D eigenvalue weighted by Gasteiger charge is 2.41. The molecule has 3 heterocycles. The maximum Gasteiger partial charge on any atom is 0.0991 e. The van der Waals surface area contributed by atoms with Crippen LogP contribution in [0.4, 0.5) is 0 Å². The van der Waals surface area contributed by atoms with Crippen molar-refractivity contribution in [2.24, 2.45) is 0 Å². The fourth-order valence-corrected chi connectivity index (χ4v) is 4.26. The van der Waals surface area contributed by atoms with Crippen LogP contribution in [0.5, 0.6) is 0 Å². The monoisotopic (exact) mass is 318 g/mol. The Morgan fingerprint density at radius 3 is 2.38 bits per heavy atom. The molecular weight excluding hydrogens is 296 g/mol. The molecule has 2 aromatic rings. The quantitative estimate of drug-likeness (QED) is 0.869. The molecule has 1 aromatic heterocycles. The van der Waals surface area contributed by atoms with Crippen LogP contribution < -0.4 is 0 Å². The third-order valence-electron chi connectivity index (χ3n) is 5.36. The van der Waals surface area contributed by atoms with Crippen molar-refractivity contribution in [3.05, 3.63) is 65.5 Å². The van der Waals surface area contributed by atoms with Crippen LogP contribution in [0.25, 0.3) is 0 Å². The fourth-order valence-electron chi connectivity index (χ4n) is 4.26. The summed E-state index contributed by atoms with van der Waals surface area (Å²) in [7, 11) is 0. The van der Waals surface area contributed by atoms with Gasteiger partial charge in [-0.25, -0.2) is 0 Å². The first-order chi connectivity index (χ1) is 11.8. The molecule has 0 spiro atoms. The lowest BCUT2D eigenvalue weighted by Crippen LogP contribution is -2.36. The van der Waals surface area contributed by atoms with E-state index in [1.54, 1.807) is 0 Å². The second-order valence-corrected chi connectivity index (χ2v) is 6.83. The van der Waals surface area contributed by atoms with Crippen LogP contribution in [-0.2, 0) is 13.1 Å². The van der Waals surface area contributed by atoms with Gasteiger partial charge in [0.05, 0.1) is 11.6 Å². The van der Waals surface area contributed by atoms with Gasteiger partial charge in [-0.3, -0.25) is 14.8 Å². The summed E-state index contributed by atoms with van der Waals surface area (Å²) in [5, 5.41) is 9.07. The van der Waals surface area contributed by atoms with Crippen LogP contribution in [0, 0.1) is 11.3 Å². The fraction of sp³-hybridized carbons (Fsp3) is 0.400. The molecule has 0 radical (unpaired) electrons. The molecule has 2 aliphatic heterocycles. The van der Waals surface area contributed by atoms with E-state index >= 15 is 0 Å². The summed E-state index contributed by atoms with van der Waals surface area (Å²) in [6, 6.07) is 15.8. The highest BCUT2D eigenvalue weighted by atomic mass is 15.3. The van der Waals surface area contributed by atoms with E-state index in [0.717, 1.165) is 25.2 Å². The van der Waals surface area contributed by atoms with E-state index in [2.05, 4.69) is 33.0 Å². The molecule has 1 aromatic carbocycles. The maximum absolute atomic E-state index is 9.07. The molecule has 2 aliphatic rings. The second-order valence-electron chi connectivity index (χ2n) is 6.83. The Morgan fingerprint density at radius 2 is 1.71 bits per heavy atom. The van der Waals surface area contributed by atoms with Gasteiger partial charge in [-0.2, -0.15) is 5.26 Å². The van der Waals surface area contributed by atoms with Gasteiger partial charge in [-0.15, -0.1) is 0 Å². The molecule has 4 rings (SSSR count). The molecule has 4 nitrogen and oxygen atoms in total. The lowest BCUT2D eigenvalue weighted by atomic mass is 10.1. The molecule has 0 bridgehead atoms. The molecule has 4 heteroatoms. The molecule has 2 atom stereocenters. The van der Waals surface area contributed by atoms with Gasteiger partial charge >= 0.3 is 0 Å². The van der Waals surface area contributed by atoms with Crippen LogP contribution in [0.15, 0.2) is 48.8 Å². The number of pyridine rings is 1. The van der Waals surface area contributed by atoms with E-state index in [-0.39, 0.29) is 0 Å². The third kappa shape index (κ3) is 3.06. The van der Waals surface area contributed by atoms with Gasteiger partial charge in [0, 0.05) is 50.7 Å². The number of benzene rings is 1. The molecular formula is C20H22N4. The van der Waals surface area contributed by atoms with Gasteiger partial charge in [-0.1, -0.05) is 18.2 Å². The van der Waals surface area contributed by atoms with Crippen molar-refractivity contribution < 1.29 is 0 Å². The Balaban J connectivity index is 1.42. The molecule has 2 fully saturated rings. The zero-order valence-corrected chi connectivity index (χ0v) is 13.8. The Hall–Kier alpha value is -2.22. The summed E-state index contributed by atoms with van der Waals surface area (Å²) >= 11 is 0. The van der Waals surface area contributed by atoms with Gasteiger partial charge < -0.3 is 0 Å². The van der Waals surface area contributed by atoms with E-state index < -0.39 is 0 Å². The van der Waals surface area contributed by atoms with Gasteiger partial charge in [-0.05, 0) is 42.2 Å². The molecule has 0 N–H and O–H groups in total. The second kappa shape index (κ2) is 6.72. The van der Waals surface area contributed by atoms with Crippen molar-refractivity contribution in [3.8, 4) is 6.07 Å². The number of likely N-dealkylation sites (tertiary alicyclic amines) is 2. The van der Waals surface area contributed by atoms with Crippen LogP contribution in [0.2, 0.25) is 0 Å². The summed E-state index contributed by atoms with van der Waals surface area (Å²) < 4.78 is 0. The minimum absolute atomic E-state index is 0.646. The van der Waals surface area contributed by atoms with Crippen molar-refractivity contribution in [2.45, 2.75) is 38.0 Å². The predicted octanol–water partition coefficient (Wildman–Crippen LogP) is 2.80. The molecule has 0 amide bonds. The number of hydrogen-bond donors (Lipinski definition) is 0. The van der Waals surface area contributed by atoms with Crippen molar-refractivity contribution in [3.63, 3.8) is 0 Å². The Morgan fingerprint density at radius 1 is 1.00 bits per heavy atom. The first-order valence-corrected chi connectivity index (χ1v) is 8.69. The number of fused-ring (bicyclic) bond motifs is 1. The highest BCUT2D eigenvalue weighted by Crippen LogP contribution is 2.33. The zero-order chi connectivity index (χ0) is 16.4. The molecule has 0 aliphatic carbocycles. The van der Waals surface area contributed by atoms with Crippen molar-refractivity contribution in [1.82, 2.24) is 14.8 Å². The molecule has 2 saturated heterocycles. The van der Waals surface area contributed by atoms with E-state index in [4.69, 9.17) is 5.26 Å². The van der Waals surface area contributed by atoms with Crippen LogP contribution in [-0.4, -0.2) is 40.0 Å². The number of nitriles is 1. The number of nitrogens with zero attached hydrogens (tertiary/aromatic N) is 4. The van der Waals surface area contributed by atoms with Gasteiger partial charge in [0.2, 0.25) is 0 Å². The first-order valence-electron chi connectivity index (χ1n) is 8.69. The summed E-state index contributed by atoms with van der Waals surface area (Å²) in [4.78, 5) is 9.46. The minimum Gasteiger partial charge on any atom is -0.294 e. The number of hydrogen-bond acceptors (Lipinski definition) is 4. The number of rotatable bonds is 4. The first kappa shape index (κ1) is 15.3. The average molecular weight is 318 g/mol. The topological polar surface area (TPSA) is 43.2 Å². The molecule has 122 valence electrons. The Labute approximate surface area is 143 Å². The standard InChI is InChI=1S/C20H22N4/c21-12-16-3-1-4-17(11-16)14-23-9-6-20-19(23)7-10-24(20)15-18-5-2-8-22-13-18/h1-5,8,11,13,19-20H,6-7,9-10,14-15H2/t19-,20+/m1/s1. The minimum atomic E-state index is 0.646. The highest BCUT2D eigenvalue weighted by molar-refractivity contribution is 5.32. The summed E-state index contributed by atoms with van der Waals surface area (Å²) in [5.41, 5.74) is 3.31. The van der Waals surface area contributed by atoms with E-state index in [9.17, 15) is 0 Å². The van der Waals surface area contributed by atoms with Gasteiger partial charge in [0.25, 0.3) is 0 Å².